The highest BCUT2D eigenvalue weighted by atomic mass is 16.1. The van der Waals surface area contributed by atoms with E-state index in [1.807, 2.05) is 0 Å². The molecule has 5 heteroatoms. The molecule has 0 spiro atoms. The molecule has 0 radical (unpaired) electrons. The van der Waals surface area contributed by atoms with E-state index in [4.69, 9.17) is 5.73 Å². The Morgan fingerprint density at radius 2 is 2.31 bits per heavy atom. The Bertz CT molecular complexity index is 355. The summed E-state index contributed by atoms with van der Waals surface area (Å²) < 4.78 is 1.74. The molecular weight excluding hydrogens is 204 g/mol. The van der Waals surface area contributed by atoms with Gasteiger partial charge in [-0.2, -0.15) is 5.10 Å². The van der Waals surface area contributed by atoms with Gasteiger partial charge in [0.1, 0.15) is 0 Å². The Morgan fingerprint density at radius 3 is 2.94 bits per heavy atom. The average molecular weight is 222 g/mol. The molecule has 2 rings (SSSR count). The smallest absolute Gasteiger partial charge is 0.223 e. The van der Waals surface area contributed by atoms with Gasteiger partial charge >= 0.3 is 0 Å². The molecule has 1 saturated carbocycles. The zero-order chi connectivity index (χ0) is 11.4. The maximum atomic E-state index is 11.7. The van der Waals surface area contributed by atoms with Crippen LogP contribution in [0.2, 0.25) is 0 Å². The molecule has 0 aromatic carbocycles. The number of nitrogens with two attached hydrogens (primary N) is 1. The van der Waals surface area contributed by atoms with Crippen molar-refractivity contribution in [1.29, 1.82) is 0 Å². The molecule has 16 heavy (non-hydrogen) atoms. The van der Waals surface area contributed by atoms with Gasteiger partial charge in [0.25, 0.3) is 0 Å². The van der Waals surface area contributed by atoms with Gasteiger partial charge in [-0.15, -0.1) is 0 Å². The highest BCUT2D eigenvalue weighted by Crippen LogP contribution is 2.24. The summed E-state index contributed by atoms with van der Waals surface area (Å²) in [4.78, 5) is 11.7. The summed E-state index contributed by atoms with van der Waals surface area (Å²) in [5.41, 5.74) is 6.19. The van der Waals surface area contributed by atoms with E-state index in [1.54, 1.807) is 17.1 Å². The summed E-state index contributed by atoms with van der Waals surface area (Å²) in [7, 11) is 0. The molecule has 0 saturated heterocycles. The van der Waals surface area contributed by atoms with Crippen LogP contribution in [-0.4, -0.2) is 22.2 Å². The second-order valence-electron chi connectivity index (χ2n) is 4.31. The van der Waals surface area contributed by atoms with Crippen molar-refractivity contribution in [2.24, 2.45) is 5.92 Å². The first-order chi connectivity index (χ1) is 7.75. The topological polar surface area (TPSA) is 72.9 Å². The van der Waals surface area contributed by atoms with E-state index in [2.05, 4.69) is 10.4 Å². The highest BCUT2D eigenvalue weighted by Gasteiger charge is 2.21. The number of aromatic nitrogens is 2. The summed E-state index contributed by atoms with van der Waals surface area (Å²) in [6, 6.07) is 0. The van der Waals surface area contributed by atoms with Crippen LogP contribution in [0, 0.1) is 5.92 Å². The Kier molecular flexibility index (Phi) is 3.44. The molecule has 5 nitrogen and oxygen atoms in total. The summed E-state index contributed by atoms with van der Waals surface area (Å²) in [6.45, 7) is 1.30. The summed E-state index contributed by atoms with van der Waals surface area (Å²) in [6.07, 6.45) is 7.84. The van der Waals surface area contributed by atoms with E-state index in [1.165, 1.54) is 12.8 Å². The number of carbonyl (C=O) groups is 1. The van der Waals surface area contributed by atoms with Crippen LogP contribution in [0.5, 0.6) is 0 Å². The van der Waals surface area contributed by atoms with Crippen LogP contribution in [0.4, 0.5) is 5.69 Å². The average Bonchev–Trinajstić information content (AvgIpc) is 2.89. The van der Waals surface area contributed by atoms with Crippen molar-refractivity contribution in [3.05, 3.63) is 12.4 Å². The maximum absolute atomic E-state index is 11.7. The molecule has 0 bridgehead atoms. The van der Waals surface area contributed by atoms with Crippen LogP contribution >= 0.6 is 0 Å². The molecule has 1 amide bonds. The van der Waals surface area contributed by atoms with Gasteiger partial charge in [-0.3, -0.25) is 9.48 Å². The molecule has 1 aromatic heterocycles. The molecule has 1 aromatic rings. The van der Waals surface area contributed by atoms with Crippen molar-refractivity contribution in [2.45, 2.75) is 32.2 Å². The van der Waals surface area contributed by atoms with E-state index in [0.717, 1.165) is 12.8 Å². The van der Waals surface area contributed by atoms with Crippen molar-refractivity contribution in [1.82, 2.24) is 15.1 Å². The van der Waals surface area contributed by atoms with Gasteiger partial charge in [-0.05, 0) is 12.8 Å². The fraction of sp³-hybridized carbons (Fsp3) is 0.636. The SMILES string of the molecule is Nc1cnn(CCNC(=O)C2CCCC2)c1. The van der Waals surface area contributed by atoms with Gasteiger partial charge in [0.15, 0.2) is 0 Å². The zero-order valence-corrected chi connectivity index (χ0v) is 9.35. The van der Waals surface area contributed by atoms with Crippen molar-refractivity contribution in [3.63, 3.8) is 0 Å². The lowest BCUT2D eigenvalue weighted by Gasteiger charge is -2.09. The first-order valence-corrected chi connectivity index (χ1v) is 5.81. The second kappa shape index (κ2) is 5.01. The minimum atomic E-state index is 0.192. The van der Waals surface area contributed by atoms with Crippen LogP contribution in [0.3, 0.4) is 0 Å². The molecule has 3 N–H and O–H groups in total. The summed E-state index contributed by atoms with van der Waals surface area (Å²) in [5.74, 6) is 0.431. The van der Waals surface area contributed by atoms with E-state index in [0.29, 0.717) is 18.8 Å². The van der Waals surface area contributed by atoms with Gasteiger partial charge in [-0.25, -0.2) is 0 Å². The third-order valence-corrected chi connectivity index (χ3v) is 3.02. The van der Waals surface area contributed by atoms with Gasteiger partial charge in [0, 0.05) is 18.7 Å². The number of amides is 1. The van der Waals surface area contributed by atoms with Gasteiger partial charge in [0.2, 0.25) is 5.91 Å². The van der Waals surface area contributed by atoms with Crippen molar-refractivity contribution in [3.8, 4) is 0 Å². The zero-order valence-electron chi connectivity index (χ0n) is 9.35. The Hall–Kier alpha value is -1.52. The van der Waals surface area contributed by atoms with Gasteiger partial charge in [-0.1, -0.05) is 12.8 Å². The van der Waals surface area contributed by atoms with Crippen LogP contribution < -0.4 is 11.1 Å². The van der Waals surface area contributed by atoms with Crippen molar-refractivity contribution >= 4 is 11.6 Å². The Labute approximate surface area is 95.0 Å². The minimum Gasteiger partial charge on any atom is -0.396 e. The molecule has 88 valence electrons. The number of carbonyl (C=O) groups excluding carboxylic acids is 1. The van der Waals surface area contributed by atoms with Crippen molar-refractivity contribution < 1.29 is 4.79 Å². The van der Waals surface area contributed by atoms with E-state index >= 15 is 0 Å². The molecule has 1 aliphatic carbocycles. The normalized spacial score (nSPS) is 16.5. The number of anilines is 1. The number of nitrogens with one attached hydrogen (secondary N) is 1. The van der Waals surface area contributed by atoms with Crippen LogP contribution in [0.15, 0.2) is 12.4 Å². The number of rotatable bonds is 4. The maximum Gasteiger partial charge on any atom is 0.223 e. The highest BCUT2D eigenvalue weighted by molar-refractivity contribution is 5.78. The standard InChI is InChI=1S/C11H18N4O/c12-10-7-14-15(8-10)6-5-13-11(16)9-3-1-2-4-9/h7-9H,1-6,12H2,(H,13,16). The lowest BCUT2D eigenvalue weighted by molar-refractivity contribution is -0.124. The number of nitrogens with zero attached hydrogens (tertiary/aromatic N) is 2. The van der Waals surface area contributed by atoms with Gasteiger partial charge in [0.05, 0.1) is 18.4 Å². The van der Waals surface area contributed by atoms with Gasteiger partial charge < -0.3 is 11.1 Å². The van der Waals surface area contributed by atoms with E-state index in [9.17, 15) is 4.79 Å². The van der Waals surface area contributed by atoms with Crippen LogP contribution in [-0.2, 0) is 11.3 Å². The number of hydrogen-bond donors (Lipinski definition) is 2. The molecule has 0 aliphatic heterocycles. The molecule has 1 aliphatic rings. The predicted octanol–water partition coefficient (Wildman–Crippen LogP) is 0.772. The van der Waals surface area contributed by atoms with Crippen LogP contribution in [0.1, 0.15) is 25.7 Å². The summed E-state index contributed by atoms with van der Waals surface area (Å²) in [5, 5.41) is 6.99. The largest absolute Gasteiger partial charge is 0.396 e. The summed E-state index contributed by atoms with van der Waals surface area (Å²) >= 11 is 0. The van der Waals surface area contributed by atoms with E-state index < -0.39 is 0 Å². The van der Waals surface area contributed by atoms with Crippen LogP contribution in [0.25, 0.3) is 0 Å². The minimum absolute atomic E-state index is 0.192. The fourth-order valence-corrected chi connectivity index (χ4v) is 2.13. The Morgan fingerprint density at radius 1 is 1.56 bits per heavy atom. The lowest BCUT2D eigenvalue weighted by Crippen LogP contribution is -2.32. The Balaban J connectivity index is 1.69. The predicted molar refractivity (Wildman–Crippen MR) is 61.6 cm³/mol. The lowest BCUT2D eigenvalue weighted by atomic mass is 10.1. The van der Waals surface area contributed by atoms with E-state index in [-0.39, 0.29) is 11.8 Å². The number of nitrogen functional groups attached to an aromatic ring is 1. The third-order valence-electron chi connectivity index (χ3n) is 3.02. The molecule has 1 heterocycles. The molecule has 0 unspecified atom stereocenters. The molecule has 1 fully saturated rings. The monoisotopic (exact) mass is 222 g/mol. The van der Waals surface area contributed by atoms with Crippen molar-refractivity contribution in [2.75, 3.05) is 12.3 Å². The number of hydrogen-bond acceptors (Lipinski definition) is 3. The quantitative estimate of drug-likeness (QED) is 0.790. The molecule has 0 atom stereocenters. The third kappa shape index (κ3) is 2.74. The molecular formula is C11H18N4O. The second-order valence-corrected chi connectivity index (χ2v) is 4.31. The fourth-order valence-electron chi connectivity index (χ4n) is 2.13. The first-order valence-electron chi connectivity index (χ1n) is 5.81. The first kappa shape index (κ1) is 11.0.